The van der Waals surface area contributed by atoms with Gasteiger partial charge in [0.1, 0.15) is 23.7 Å². The summed E-state index contributed by atoms with van der Waals surface area (Å²) in [7, 11) is 0. The highest BCUT2D eigenvalue weighted by Crippen LogP contribution is 2.63. The predicted molar refractivity (Wildman–Crippen MR) is 125 cm³/mol. The number of carbonyl (C=O) groups is 2. The Labute approximate surface area is 198 Å². The van der Waals surface area contributed by atoms with Crippen molar-refractivity contribution in [2.75, 3.05) is 18.5 Å². The van der Waals surface area contributed by atoms with Gasteiger partial charge in [-0.3, -0.25) is 9.59 Å². The zero-order valence-electron chi connectivity index (χ0n) is 19.3. The lowest BCUT2D eigenvalue weighted by atomic mass is 9.38. The molecule has 0 radical (unpaired) electrons. The van der Waals surface area contributed by atoms with Crippen LogP contribution in [0.2, 0.25) is 0 Å². The number of nitrogens with zero attached hydrogens (tertiary/aromatic N) is 2. The molecule has 2 bridgehead atoms. The number of anilines is 1. The minimum atomic E-state index is -0.0934. The van der Waals surface area contributed by atoms with Crippen LogP contribution in [-0.2, 0) is 14.3 Å². The number of hydrogen-bond donors (Lipinski definition) is 2. The number of rotatable bonds is 6. The molecule has 1 saturated heterocycles. The molecule has 0 spiro atoms. The van der Waals surface area contributed by atoms with E-state index in [-0.39, 0.29) is 41.7 Å². The molecule has 2 aromatic rings. The third-order valence-electron chi connectivity index (χ3n) is 7.45. The maximum Gasteiger partial charge on any atom is 0.229 e. The van der Waals surface area contributed by atoms with Crippen molar-refractivity contribution in [3.8, 4) is 22.9 Å². The Hall–Kier alpha value is -3.44. The van der Waals surface area contributed by atoms with E-state index in [4.69, 9.17) is 9.47 Å². The summed E-state index contributed by atoms with van der Waals surface area (Å²) in [5, 5.41) is 15.6. The largest absolute Gasteiger partial charge is 0.489 e. The second kappa shape index (κ2) is 9.07. The average Bonchev–Trinajstić information content (AvgIpc) is 2.81. The fraction of sp³-hybridized carbons (Fsp3) is 0.462. The highest BCUT2D eigenvalue weighted by atomic mass is 16.5. The van der Waals surface area contributed by atoms with Crippen LogP contribution in [0.3, 0.4) is 0 Å². The number of hydrogen-bond acceptors (Lipinski definition) is 6. The van der Waals surface area contributed by atoms with Crippen molar-refractivity contribution in [2.45, 2.75) is 38.8 Å². The molecule has 2 amide bonds. The van der Waals surface area contributed by atoms with E-state index in [0.717, 1.165) is 24.0 Å². The number of pyridine rings is 1. The van der Waals surface area contributed by atoms with Gasteiger partial charge in [-0.05, 0) is 53.1 Å². The van der Waals surface area contributed by atoms with Crippen molar-refractivity contribution in [2.24, 2.45) is 23.7 Å². The monoisotopic (exact) mass is 460 g/mol. The molecule has 4 fully saturated rings. The normalized spacial score (nSPS) is 27.5. The molecule has 2 atom stereocenters. The van der Waals surface area contributed by atoms with E-state index in [1.54, 1.807) is 12.3 Å². The smallest absolute Gasteiger partial charge is 0.229 e. The van der Waals surface area contributed by atoms with Crippen LogP contribution in [0, 0.1) is 35.0 Å². The molecule has 2 unspecified atom stereocenters. The Kier molecular flexibility index (Phi) is 5.96. The zero-order valence-corrected chi connectivity index (χ0v) is 19.3. The van der Waals surface area contributed by atoms with Crippen molar-refractivity contribution in [1.29, 1.82) is 5.26 Å². The van der Waals surface area contributed by atoms with Gasteiger partial charge in [-0.15, -0.1) is 0 Å². The number of aromatic nitrogens is 1. The molecule has 3 aliphatic carbocycles. The fourth-order valence-corrected chi connectivity index (χ4v) is 5.63. The third kappa shape index (κ3) is 4.01. The molecule has 3 saturated carbocycles. The van der Waals surface area contributed by atoms with Crippen molar-refractivity contribution < 1.29 is 19.1 Å². The van der Waals surface area contributed by atoms with Gasteiger partial charge in [0.2, 0.25) is 11.8 Å². The molecule has 2 heterocycles. The number of nitrogens with one attached hydrogen (secondary N) is 2. The number of benzene rings is 1. The summed E-state index contributed by atoms with van der Waals surface area (Å²) >= 11 is 0. The Morgan fingerprint density at radius 1 is 1.15 bits per heavy atom. The van der Waals surface area contributed by atoms with Crippen LogP contribution in [0.1, 0.15) is 32.3 Å². The standard InChI is InChI=1S/C26H28N4O4/c1-14-22-24(23(14)25(22)29-15(2)31)26(32)30-21-12-17(5-8-28-21)16-3-4-20(18(11-16)13-27)34-19-6-9-33-10-7-19/h3-5,8,11-12,14,19,22-25H,6-7,9-10H2,1-2H3,(H,29,31)(H,28,30,32). The van der Waals surface area contributed by atoms with Crippen LogP contribution in [0.4, 0.5) is 5.82 Å². The van der Waals surface area contributed by atoms with Crippen LogP contribution in [0.25, 0.3) is 11.1 Å². The third-order valence-corrected chi connectivity index (χ3v) is 7.45. The highest BCUT2D eigenvalue weighted by molar-refractivity contribution is 5.95. The topological polar surface area (TPSA) is 113 Å². The van der Waals surface area contributed by atoms with E-state index in [9.17, 15) is 14.9 Å². The van der Waals surface area contributed by atoms with Crippen LogP contribution < -0.4 is 15.4 Å². The molecule has 176 valence electrons. The van der Waals surface area contributed by atoms with Crippen molar-refractivity contribution in [3.63, 3.8) is 0 Å². The number of ether oxygens (including phenoxy) is 2. The molecule has 2 N–H and O–H groups in total. The lowest BCUT2D eigenvalue weighted by molar-refractivity contribution is -0.194. The summed E-state index contributed by atoms with van der Waals surface area (Å²) in [5.74, 6) is 1.64. The second-order valence-corrected chi connectivity index (χ2v) is 9.44. The summed E-state index contributed by atoms with van der Waals surface area (Å²) in [4.78, 5) is 28.5. The SMILES string of the molecule is CC(=O)NC1C2C(C)C1C2C(=O)Nc1cc(-c2ccc(OC3CCOCC3)c(C#N)c2)ccn1. The average molecular weight is 461 g/mol. The number of amides is 2. The van der Waals surface area contributed by atoms with Gasteiger partial charge in [-0.2, -0.15) is 5.26 Å². The molecular formula is C26H28N4O4. The molecule has 1 aromatic carbocycles. The van der Waals surface area contributed by atoms with Gasteiger partial charge in [0, 0.05) is 37.9 Å². The molecule has 8 heteroatoms. The first kappa shape index (κ1) is 22.4. The van der Waals surface area contributed by atoms with Gasteiger partial charge in [0.25, 0.3) is 0 Å². The summed E-state index contributed by atoms with van der Waals surface area (Å²) < 4.78 is 11.4. The Morgan fingerprint density at radius 2 is 1.88 bits per heavy atom. The maximum atomic E-state index is 12.9. The lowest BCUT2D eigenvalue weighted by Gasteiger charge is -2.68. The van der Waals surface area contributed by atoms with E-state index < -0.39 is 0 Å². The molecule has 4 aliphatic rings. The number of carbonyl (C=O) groups excluding carboxylic acids is 2. The fourth-order valence-electron chi connectivity index (χ4n) is 5.63. The van der Waals surface area contributed by atoms with Crippen LogP contribution in [0.5, 0.6) is 5.75 Å². The van der Waals surface area contributed by atoms with E-state index in [0.29, 0.717) is 36.3 Å². The Morgan fingerprint density at radius 3 is 2.56 bits per heavy atom. The van der Waals surface area contributed by atoms with Crippen molar-refractivity contribution in [3.05, 3.63) is 42.1 Å². The maximum absolute atomic E-state index is 12.9. The molecular weight excluding hydrogens is 432 g/mol. The predicted octanol–water partition coefficient (Wildman–Crippen LogP) is 3.13. The quantitative estimate of drug-likeness (QED) is 0.685. The van der Waals surface area contributed by atoms with E-state index in [1.165, 1.54) is 6.92 Å². The summed E-state index contributed by atoms with van der Waals surface area (Å²) in [6.07, 6.45) is 3.33. The first-order chi connectivity index (χ1) is 16.5. The summed E-state index contributed by atoms with van der Waals surface area (Å²) in [6, 6.07) is 11.5. The van der Waals surface area contributed by atoms with Crippen LogP contribution in [0.15, 0.2) is 36.5 Å². The summed E-state index contributed by atoms with van der Waals surface area (Å²) in [5.41, 5.74) is 2.17. The molecule has 34 heavy (non-hydrogen) atoms. The van der Waals surface area contributed by atoms with E-state index in [1.807, 2.05) is 24.3 Å². The molecule has 8 nitrogen and oxygen atoms in total. The van der Waals surface area contributed by atoms with Gasteiger partial charge in [-0.1, -0.05) is 13.0 Å². The minimum absolute atomic E-state index is 0.0546. The molecule has 1 aliphatic heterocycles. The van der Waals surface area contributed by atoms with E-state index >= 15 is 0 Å². The van der Waals surface area contributed by atoms with Crippen LogP contribution >= 0.6 is 0 Å². The zero-order chi connectivity index (χ0) is 23.8. The van der Waals surface area contributed by atoms with Gasteiger partial charge in [0.15, 0.2) is 0 Å². The van der Waals surface area contributed by atoms with Gasteiger partial charge < -0.3 is 20.1 Å². The van der Waals surface area contributed by atoms with Gasteiger partial charge in [0.05, 0.1) is 18.8 Å². The molecule has 6 rings (SSSR count). The minimum Gasteiger partial charge on any atom is -0.489 e. The van der Waals surface area contributed by atoms with Crippen molar-refractivity contribution >= 4 is 17.6 Å². The van der Waals surface area contributed by atoms with Crippen LogP contribution in [-0.4, -0.2) is 42.2 Å². The second-order valence-electron chi connectivity index (χ2n) is 9.44. The summed E-state index contributed by atoms with van der Waals surface area (Å²) in [6.45, 7) is 4.98. The first-order valence-electron chi connectivity index (χ1n) is 11.8. The van der Waals surface area contributed by atoms with Gasteiger partial charge in [-0.25, -0.2) is 4.98 Å². The first-order valence-corrected chi connectivity index (χ1v) is 11.8. The van der Waals surface area contributed by atoms with Gasteiger partial charge >= 0.3 is 0 Å². The van der Waals surface area contributed by atoms with E-state index in [2.05, 4.69) is 28.6 Å². The number of nitriles is 1. The highest BCUT2D eigenvalue weighted by Gasteiger charge is 2.69. The van der Waals surface area contributed by atoms with Crippen molar-refractivity contribution in [1.82, 2.24) is 10.3 Å². The Bertz CT molecular complexity index is 1140. The molecule has 1 aromatic heterocycles. The lowest BCUT2D eigenvalue weighted by Crippen LogP contribution is -2.77. The Balaban J connectivity index is 1.26.